The minimum atomic E-state index is -0.703. The van der Waals surface area contributed by atoms with Gasteiger partial charge in [-0.1, -0.05) is 24.3 Å². The Kier molecular flexibility index (Phi) is 6.08. The van der Waals surface area contributed by atoms with Crippen LogP contribution in [0.4, 0.5) is 4.79 Å². The molecule has 2 aromatic carbocycles. The molecule has 0 bridgehead atoms. The van der Waals surface area contributed by atoms with E-state index in [0.717, 1.165) is 16.3 Å². The third-order valence-electron chi connectivity index (χ3n) is 5.87. The number of likely N-dealkylation sites (N-methyl/N-ethyl adjacent to an activating group) is 1. The SMILES string of the molecule is Cc1c(CN(C)CCOC(=O)OC(C)C)oc2c1C(=O)C(=O)c1c-2ccc2c(C)cccc12. The summed E-state index contributed by atoms with van der Waals surface area (Å²) in [7, 11) is 1.86. The van der Waals surface area contributed by atoms with E-state index in [1.807, 2.05) is 49.2 Å². The third-order valence-corrected chi connectivity index (χ3v) is 5.87. The topological polar surface area (TPSA) is 86.0 Å². The maximum atomic E-state index is 13.1. The molecule has 0 aliphatic heterocycles. The Bertz CT molecular complexity index is 1270. The molecule has 0 saturated heterocycles. The van der Waals surface area contributed by atoms with Gasteiger partial charge in [0.05, 0.1) is 18.2 Å². The highest BCUT2D eigenvalue weighted by Gasteiger charge is 2.37. The van der Waals surface area contributed by atoms with Crippen LogP contribution in [-0.2, 0) is 16.0 Å². The predicted molar refractivity (Wildman–Crippen MR) is 124 cm³/mol. The first kappa shape index (κ1) is 22.7. The normalized spacial score (nSPS) is 12.9. The van der Waals surface area contributed by atoms with Crippen LogP contribution in [0.2, 0.25) is 0 Å². The summed E-state index contributed by atoms with van der Waals surface area (Å²) in [6.07, 6.45) is -0.942. The van der Waals surface area contributed by atoms with Gasteiger partial charge in [0.1, 0.15) is 18.1 Å². The largest absolute Gasteiger partial charge is 0.508 e. The molecule has 1 aliphatic rings. The maximum absolute atomic E-state index is 13.1. The molecule has 0 radical (unpaired) electrons. The molecule has 0 fully saturated rings. The fraction of sp³-hybridized carbons (Fsp3) is 0.346. The Morgan fingerprint density at radius 3 is 2.48 bits per heavy atom. The van der Waals surface area contributed by atoms with Gasteiger partial charge in [-0.3, -0.25) is 14.5 Å². The molecule has 0 spiro atoms. The summed E-state index contributed by atoms with van der Waals surface area (Å²) in [5.41, 5.74) is 3.08. The van der Waals surface area contributed by atoms with Crippen molar-refractivity contribution in [1.82, 2.24) is 4.90 Å². The van der Waals surface area contributed by atoms with E-state index in [2.05, 4.69) is 0 Å². The van der Waals surface area contributed by atoms with Gasteiger partial charge in [-0.15, -0.1) is 0 Å². The van der Waals surface area contributed by atoms with Crippen molar-refractivity contribution >= 4 is 28.5 Å². The van der Waals surface area contributed by atoms with Crippen molar-refractivity contribution in [2.45, 2.75) is 40.3 Å². The van der Waals surface area contributed by atoms with E-state index in [1.54, 1.807) is 20.8 Å². The lowest BCUT2D eigenvalue weighted by atomic mass is 9.83. The summed E-state index contributed by atoms with van der Waals surface area (Å²) in [5.74, 6) is -0.00254. The van der Waals surface area contributed by atoms with Gasteiger partial charge in [-0.25, -0.2) is 4.79 Å². The number of ketones is 2. The van der Waals surface area contributed by atoms with Gasteiger partial charge in [0.25, 0.3) is 0 Å². The lowest BCUT2D eigenvalue weighted by Gasteiger charge is -2.16. The van der Waals surface area contributed by atoms with Crippen LogP contribution in [0.15, 0.2) is 34.7 Å². The average Bonchev–Trinajstić information content (AvgIpc) is 3.07. The van der Waals surface area contributed by atoms with Crippen molar-refractivity contribution in [3.8, 4) is 11.3 Å². The van der Waals surface area contributed by atoms with Gasteiger partial charge < -0.3 is 13.9 Å². The smallest absolute Gasteiger partial charge is 0.459 e. The van der Waals surface area contributed by atoms with Crippen LogP contribution < -0.4 is 0 Å². The lowest BCUT2D eigenvalue weighted by molar-refractivity contribution is 0.0298. The fourth-order valence-corrected chi connectivity index (χ4v) is 4.19. The predicted octanol–water partition coefficient (Wildman–Crippen LogP) is 5.09. The highest BCUT2D eigenvalue weighted by atomic mass is 16.7. The number of hydrogen-bond donors (Lipinski definition) is 0. The first-order valence-electron chi connectivity index (χ1n) is 10.9. The summed E-state index contributed by atoms with van der Waals surface area (Å²) < 4.78 is 16.2. The van der Waals surface area contributed by atoms with E-state index < -0.39 is 17.7 Å². The van der Waals surface area contributed by atoms with Crippen LogP contribution in [0.1, 0.15) is 51.5 Å². The average molecular weight is 450 g/mol. The lowest BCUT2D eigenvalue weighted by Crippen LogP contribution is -2.25. The minimum absolute atomic E-state index is 0.160. The highest BCUT2D eigenvalue weighted by molar-refractivity contribution is 6.54. The monoisotopic (exact) mass is 449 g/mol. The summed E-state index contributed by atoms with van der Waals surface area (Å²) in [6.45, 7) is 8.28. The second-order valence-electron chi connectivity index (χ2n) is 8.67. The molecule has 1 aromatic heterocycles. The third kappa shape index (κ3) is 4.16. The first-order chi connectivity index (χ1) is 15.7. The fourth-order valence-electron chi connectivity index (χ4n) is 4.19. The van der Waals surface area contributed by atoms with Crippen LogP contribution in [0.25, 0.3) is 22.1 Å². The molecule has 7 nitrogen and oxygen atoms in total. The number of ether oxygens (including phenoxy) is 2. The van der Waals surface area contributed by atoms with Gasteiger partial charge in [0.15, 0.2) is 0 Å². The molecular formula is C26H27NO6. The number of nitrogens with zero attached hydrogens (tertiary/aromatic N) is 1. The van der Waals surface area contributed by atoms with Gasteiger partial charge in [0.2, 0.25) is 11.6 Å². The Morgan fingerprint density at radius 2 is 1.76 bits per heavy atom. The number of carbonyl (C=O) groups excluding carboxylic acids is 3. The van der Waals surface area contributed by atoms with Crippen molar-refractivity contribution < 1.29 is 28.3 Å². The molecule has 1 aliphatic carbocycles. The van der Waals surface area contributed by atoms with Crippen LogP contribution in [-0.4, -0.2) is 48.9 Å². The van der Waals surface area contributed by atoms with E-state index in [4.69, 9.17) is 13.9 Å². The molecule has 0 unspecified atom stereocenters. The number of rotatable bonds is 6. The van der Waals surface area contributed by atoms with E-state index in [0.29, 0.717) is 46.9 Å². The van der Waals surface area contributed by atoms with E-state index >= 15 is 0 Å². The molecule has 7 heteroatoms. The molecule has 0 N–H and O–H groups in total. The molecule has 33 heavy (non-hydrogen) atoms. The number of carbonyl (C=O) groups is 3. The molecule has 1 heterocycles. The van der Waals surface area contributed by atoms with Crippen molar-refractivity contribution in [3.05, 3.63) is 58.3 Å². The van der Waals surface area contributed by atoms with Crippen molar-refractivity contribution in [1.29, 1.82) is 0 Å². The van der Waals surface area contributed by atoms with Gasteiger partial charge in [-0.05, 0) is 57.1 Å². The zero-order chi connectivity index (χ0) is 23.9. The zero-order valence-electron chi connectivity index (χ0n) is 19.5. The van der Waals surface area contributed by atoms with E-state index in [1.165, 1.54) is 0 Å². The van der Waals surface area contributed by atoms with Crippen molar-refractivity contribution in [2.24, 2.45) is 0 Å². The van der Waals surface area contributed by atoms with Crippen molar-refractivity contribution in [2.75, 3.05) is 20.2 Å². The highest BCUT2D eigenvalue weighted by Crippen LogP contribution is 2.41. The molecular weight excluding hydrogens is 422 g/mol. The molecule has 0 amide bonds. The second kappa shape index (κ2) is 8.83. The van der Waals surface area contributed by atoms with E-state index in [-0.39, 0.29) is 12.7 Å². The Hall–Kier alpha value is -3.45. The number of benzene rings is 2. The Labute approximate surface area is 192 Å². The molecule has 0 atom stereocenters. The summed E-state index contributed by atoms with van der Waals surface area (Å²) >= 11 is 0. The standard InChI is InChI=1S/C26H27NO6/c1-14(2)32-26(30)31-12-11-27(5)13-20-16(4)21-23(28)24(29)22-18-8-6-7-15(3)17(18)9-10-19(22)25(21)33-20/h6-10,14H,11-13H2,1-5H3. The van der Waals surface area contributed by atoms with Gasteiger partial charge in [-0.2, -0.15) is 0 Å². The minimum Gasteiger partial charge on any atom is -0.459 e. The number of Topliss-reactive ketones (excluding diaryl/α,β-unsaturated/α-hetero) is 2. The van der Waals surface area contributed by atoms with Crippen LogP contribution in [0.5, 0.6) is 0 Å². The molecule has 0 saturated carbocycles. The second-order valence-corrected chi connectivity index (χ2v) is 8.67. The first-order valence-corrected chi connectivity index (χ1v) is 10.9. The number of aryl methyl sites for hydroxylation is 1. The molecule has 172 valence electrons. The summed E-state index contributed by atoms with van der Waals surface area (Å²) in [5, 5.41) is 1.70. The Morgan fingerprint density at radius 1 is 1.03 bits per heavy atom. The molecule has 3 aromatic rings. The van der Waals surface area contributed by atoms with E-state index in [9.17, 15) is 14.4 Å². The van der Waals surface area contributed by atoms with Gasteiger partial charge >= 0.3 is 6.16 Å². The number of hydrogen-bond acceptors (Lipinski definition) is 7. The Balaban J connectivity index is 1.61. The van der Waals surface area contributed by atoms with Crippen LogP contribution in [0.3, 0.4) is 0 Å². The zero-order valence-corrected chi connectivity index (χ0v) is 19.5. The maximum Gasteiger partial charge on any atom is 0.508 e. The van der Waals surface area contributed by atoms with Crippen LogP contribution in [0, 0.1) is 13.8 Å². The molecule has 4 rings (SSSR count). The van der Waals surface area contributed by atoms with Gasteiger partial charge in [0, 0.05) is 23.2 Å². The summed E-state index contributed by atoms with van der Waals surface area (Å²) in [4.78, 5) is 39.6. The number of fused-ring (bicyclic) bond motifs is 5. The summed E-state index contributed by atoms with van der Waals surface area (Å²) in [6, 6.07) is 9.56. The van der Waals surface area contributed by atoms with Crippen molar-refractivity contribution in [3.63, 3.8) is 0 Å². The van der Waals surface area contributed by atoms with Crippen LogP contribution >= 0.6 is 0 Å². The quantitative estimate of drug-likeness (QED) is 0.383. The number of furan rings is 1.